The summed E-state index contributed by atoms with van der Waals surface area (Å²) < 4.78 is 5.53. The van der Waals surface area contributed by atoms with Gasteiger partial charge in [0.25, 0.3) is 5.91 Å². The number of likely N-dealkylation sites (tertiary alicyclic amines) is 1. The number of hydrogen-bond donors (Lipinski definition) is 1. The van der Waals surface area contributed by atoms with Gasteiger partial charge in [-0.05, 0) is 44.7 Å². The van der Waals surface area contributed by atoms with E-state index in [0.717, 1.165) is 43.4 Å². The van der Waals surface area contributed by atoms with Crippen LogP contribution in [0.15, 0.2) is 24.3 Å². The number of carbonyl (C=O) groups is 2. The first-order valence-electron chi connectivity index (χ1n) is 8.89. The van der Waals surface area contributed by atoms with Crippen LogP contribution in [0.25, 0.3) is 0 Å². The van der Waals surface area contributed by atoms with E-state index in [2.05, 4.69) is 5.32 Å². The molecule has 1 aromatic carbocycles. The summed E-state index contributed by atoms with van der Waals surface area (Å²) in [4.78, 5) is 26.6. The summed E-state index contributed by atoms with van der Waals surface area (Å²) in [6, 6.07) is 7.66. The molecule has 2 saturated heterocycles. The van der Waals surface area contributed by atoms with Crippen LogP contribution in [0.2, 0.25) is 0 Å². The van der Waals surface area contributed by atoms with Crippen molar-refractivity contribution >= 4 is 11.8 Å². The molecule has 1 aromatic rings. The van der Waals surface area contributed by atoms with E-state index in [-0.39, 0.29) is 23.8 Å². The smallest absolute Gasteiger partial charge is 0.253 e. The highest BCUT2D eigenvalue weighted by atomic mass is 16.5. The van der Waals surface area contributed by atoms with Gasteiger partial charge in [-0.25, -0.2) is 0 Å². The van der Waals surface area contributed by atoms with Gasteiger partial charge in [0, 0.05) is 37.7 Å². The van der Waals surface area contributed by atoms with Crippen LogP contribution in [0, 0.1) is 12.8 Å². The normalized spacial score (nSPS) is 21.7. The van der Waals surface area contributed by atoms with Crippen LogP contribution in [0.4, 0.5) is 0 Å². The monoisotopic (exact) mass is 330 g/mol. The number of hydrogen-bond acceptors (Lipinski definition) is 3. The molecule has 0 saturated carbocycles. The first kappa shape index (κ1) is 17.0. The average Bonchev–Trinajstić information content (AvgIpc) is 3.13. The predicted molar refractivity (Wildman–Crippen MR) is 91.8 cm³/mol. The molecule has 0 spiro atoms. The second-order valence-electron chi connectivity index (χ2n) is 6.81. The molecule has 2 aliphatic heterocycles. The number of piperidine rings is 1. The van der Waals surface area contributed by atoms with Gasteiger partial charge in [-0.2, -0.15) is 0 Å². The molecule has 5 heteroatoms. The zero-order valence-electron chi connectivity index (χ0n) is 14.3. The molecule has 5 nitrogen and oxygen atoms in total. The van der Waals surface area contributed by atoms with Crippen LogP contribution >= 0.6 is 0 Å². The average molecular weight is 330 g/mol. The van der Waals surface area contributed by atoms with E-state index < -0.39 is 0 Å². The molecule has 2 amide bonds. The van der Waals surface area contributed by atoms with Crippen molar-refractivity contribution in [1.82, 2.24) is 10.2 Å². The Morgan fingerprint density at radius 2 is 1.88 bits per heavy atom. The van der Waals surface area contributed by atoms with Crippen molar-refractivity contribution in [2.75, 3.05) is 26.2 Å². The van der Waals surface area contributed by atoms with Crippen molar-refractivity contribution in [3.63, 3.8) is 0 Å². The summed E-state index contributed by atoms with van der Waals surface area (Å²) >= 11 is 0. The van der Waals surface area contributed by atoms with E-state index in [9.17, 15) is 9.59 Å². The molecule has 24 heavy (non-hydrogen) atoms. The Labute approximate surface area is 143 Å². The Morgan fingerprint density at radius 3 is 2.50 bits per heavy atom. The van der Waals surface area contributed by atoms with Gasteiger partial charge in [0.15, 0.2) is 0 Å². The summed E-state index contributed by atoms with van der Waals surface area (Å²) in [6.07, 6.45) is 3.76. The standard InChI is InChI=1S/C19H26N2O3/c1-14-4-6-16(7-5-14)19(23)21-10-8-15(9-11-21)18(22)20-13-17-3-2-12-24-17/h4-7,15,17H,2-3,8-13H2,1H3,(H,20,22)/t17-/m0/s1. The van der Waals surface area contributed by atoms with E-state index in [1.165, 1.54) is 0 Å². The molecule has 1 N–H and O–H groups in total. The highest BCUT2D eigenvalue weighted by Gasteiger charge is 2.28. The van der Waals surface area contributed by atoms with E-state index in [1.807, 2.05) is 36.1 Å². The fraction of sp³-hybridized carbons (Fsp3) is 0.579. The summed E-state index contributed by atoms with van der Waals surface area (Å²) in [7, 11) is 0. The van der Waals surface area contributed by atoms with Crippen LogP contribution in [0.3, 0.4) is 0 Å². The number of ether oxygens (including phenoxy) is 1. The van der Waals surface area contributed by atoms with Gasteiger partial charge >= 0.3 is 0 Å². The number of nitrogens with one attached hydrogen (secondary N) is 1. The molecule has 3 rings (SSSR count). The second-order valence-corrected chi connectivity index (χ2v) is 6.81. The first-order chi connectivity index (χ1) is 11.6. The zero-order chi connectivity index (χ0) is 16.9. The van der Waals surface area contributed by atoms with Gasteiger partial charge in [0.1, 0.15) is 0 Å². The van der Waals surface area contributed by atoms with Crippen molar-refractivity contribution < 1.29 is 14.3 Å². The minimum absolute atomic E-state index is 0.00784. The topological polar surface area (TPSA) is 58.6 Å². The van der Waals surface area contributed by atoms with Gasteiger partial charge in [-0.15, -0.1) is 0 Å². The molecule has 0 bridgehead atoms. The minimum Gasteiger partial charge on any atom is -0.376 e. The third-order valence-corrected chi connectivity index (χ3v) is 4.98. The highest BCUT2D eigenvalue weighted by Crippen LogP contribution is 2.20. The molecular formula is C19H26N2O3. The molecule has 0 radical (unpaired) electrons. The van der Waals surface area contributed by atoms with Crippen molar-refractivity contribution in [1.29, 1.82) is 0 Å². The molecule has 1 atom stereocenters. The summed E-state index contributed by atoms with van der Waals surface area (Å²) in [6.45, 7) is 4.71. The quantitative estimate of drug-likeness (QED) is 0.920. The summed E-state index contributed by atoms with van der Waals surface area (Å²) in [5, 5.41) is 3.01. The third-order valence-electron chi connectivity index (χ3n) is 4.98. The van der Waals surface area contributed by atoms with Crippen LogP contribution < -0.4 is 5.32 Å². The van der Waals surface area contributed by atoms with Gasteiger partial charge in [0.2, 0.25) is 5.91 Å². The van der Waals surface area contributed by atoms with E-state index in [1.54, 1.807) is 0 Å². The lowest BCUT2D eigenvalue weighted by Crippen LogP contribution is -2.44. The molecule has 2 heterocycles. The van der Waals surface area contributed by atoms with Crippen LogP contribution in [0.1, 0.15) is 41.6 Å². The fourth-order valence-electron chi connectivity index (χ4n) is 3.39. The molecule has 2 aliphatic rings. The Kier molecular flexibility index (Phi) is 5.51. The first-order valence-corrected chi connectivity index (χ1v) is 8.89. The maximum Gasteiger partial charge on any atom is 0.253 e. The van der Waals surface area contributed by atoms with Crippen molar-refractivity contribution in [3.8, 4) is 0 Å². The van der Waals surface area contributed by atoms with Crippen LogP contribution in [0.5, 0.6) is 0 Å². The number of rotatable bonds is 4. The lowest BCUT2D eigenvalue weighted by atomic mass is 9.95. The zero-order valence-corrected chi connectivity index (χ0v) is 14.3. The lowest BCUT2D eigenvalue weighted by molar-refractivity contribution is -0.126. The number of aryl methyl sites for hydroxylation is 1. The maximum atomic E-state index is 12.5. The Hall–Kier alpha value is -1.88. The number of benzene rings is 1. The number of carbonyl (C=O) groups excluding carboxylic acids is 2. The lowest BCUT2D eigenvalue weighted by Gasteiger charge is -2.31. The largest absolute Gasteiger partial charge is 0.376 e. The third kappa shape index (κ3) is 4.15. The fourth-order valence-corrected chi connectivity index (χ4v) is 3.39. The van der Waals surface area contributed by atoms with Gasteiger partial charge in [-0.3, -0.25) is 9.59 Å². The van der Waals surface area contributed by atoms with E-state index >= 15 is 0 Å². The Morgan fingerprint density at radius 1 is 1.17 bits per heavy atom. The minimum atomic E-state index is 0.00784. The van der Waals surface area contributed by atoms with E-state index in [0.29, 0.717) is 19.6 Å². The molecule has 0 aromatic heterocycles. The predicted octanol–water partition coefficient (Wildman–Crippen LogP) is 2.14. The summed E-state index contributed by atoms with van der Waals surface area (Å²) in [5.74, 6) is 0.176. The van der Waals surface area contributed by atoms with Gasteiger partial charge < -0.3 is 15.0 Å². The van der Waals surface area contributed by atoms with Crippen LogP contribution in [-0.2, 0) is 9.53 Å². The number of amides is 2. The van der Waals surface area contributed by atoms with Gasteiger partial charge in [-0.1, -0.05) is 17.7 Å². The van der Waals surface area contributed by atoms with Crippen molar-refractivity contribution in [2.24, 2.45) is 5.92 Å². The van der Waals surface area contributed by atoms with Crippen molar-refractivity contribution in [3.05, 3.63) is 35.4 Å². The molecule has 0 aliphatic carbocycles. The SMILES string of the molecule is Cc1ccc(C(=O)N2CCC(C(=O)NC[C@@H]3CCCO3)CC2)cc1. The highest BCUT2D eigenvalue weighted by molar-refractivity contribution is 5.94. The van der Waals surface area contributed by atoms with Crippen LogP contribution in [-0.4, -0.2) is 49.1 Å². The Balaban J connectivity index is 1.45. The summed E-state index contributed by atoms with van der Waals surface area (Å²) in [5.41, 5.74) is 1.87. The second kappa shape index (κ2) is 7.79. The molecule has 2 fully saturated rings. The van der Waals surface area contributed by atoms with E-state index in [4.69, 9.17) is 4.74 Å². The molecule has 130 valence electrons. The number of nitrogens with zero attached hydrogens (tertiary/aromatic N) is 1. The molecular weight excluding hydrogens is 304 g/mol. The van der Waals surface area contributed by atoms with Gasteiger partial charge in [0.05, 0.1) is 6.10 Å². The molecule has 0 unspecified atom stereocenters. The van der Waals surface area contributed by atoms with Crippen molar-refractivity contribution in [2.45, 2.75) is 38.7 Å². The maximum absolute atomic E-state index is 12.5. The Bertz CT molecular complexity index is 571.